The van der Waals surface area contributed by atoms with Crippen molar-refractivity contribution in [2.75, 3.05) is 0 Å². The number of aromatic nitrogens is 1. The third-order valence-electron chi connectivity index (χ3n) is 4.59. The van der Waals surface area contributed by atoms with Gasteiger partial charge in [0.25, 0.3) is 0 Å². The molecule has 1 aromatic carbocycles. The third-order valence-corrected chi connectivity index (χ3v) is 4.59. The Hall–Kier alpha value is -1.50. The molecule has 1 N–H and O–H groups in total. The van der Waals surface area contributed by atoms with E-state index in [1.165, 1.54) is 29.4 Å². The number of allylic oxidation sites excluding steroid dienone is 2. The van der Waals surface area contributed by atoms with Gasteiger partial charge in [-0.25, -0.2) is 0 Å². The molecule has 4 rings (SSSR count). The van der Waals surface area contributed by atoms with Crippen LogP contribution in [0.25, 0.3) is 10.9 Å². The molecule has 0 amide bonds. The number of fused-ring (bicyclic) bond motifs is 6. The van der Waals surface area contributed by atoms with E-state index in [1.54, 1.807) is 5.56 Å². The molecule has 0 spiro atoms. The van der Waals surface area contributed by atoms with E-state index in [1.807, 2.05) is 0 Å². The molecule has 0 saturated heterocycles. The van der Waals surface area contributed by atoms with Gasteiger partial charge in [0.15, 0.2) is 0 Å². The molecule has 1 heteroatoms. The van der Waals surface area contributed by atoms with E-state index in [0.717, 1.165) is 11.8 Å². The highest BCUT2D eigenvalue weighted by atomic mass is 14.7. The summed E-state index contributed by atoms with van der Waals surface area (Å²) in [5.74, 6) is 2.14. The molecule has 0 aliphatic heterocycles. The lowest BCUT2D eigenvalue weighted by atomic mass is 9.75. The number of aromatic amines is 1. The van der Waals surface area contributed by atoms with E-state index in [0.29, 0.717) is 5.92 Å². The number of para-hydroxylation sites is 1. The van der Waals surface area contributed by atoms with Gasteiger partial charge >= 0.3 is 0 Å². The Balaban J connectivity index is 2.05. The Morgan fingerprint density at radius 2 is 2.12 bits per heavy atom. The third kappa shape index (κ3) is 1.14. The van der Waals surface area contributed by atoms with Crippen LogP contribution in [-0.4, -0.2) is 4.98 Å². The van der Waals surface area contributed by atoms with Crippen LogP contribution in [0.5, 0.6) is 0 Å². The average Bonchev–Trinajstić information content (AvgIpc) is 2.94. The summed E-state index contributed by atoms with van der Waals surface area (Å²) < 4.78 is 0. The highest BCUT2D eigenvalue weighted by molar-refractivity contribution is 5.86. The second-order valence-electron chi connectivity index (χ2n) is 5.40. The Kier molecular flexibility index (Phi) is 1.82. The normalized spacial score (nSPS) is 29.8. The molecule has 1 unspecified atom stereocenters. The summed E-state index contributed by atoms with van der Waals surface area (Å²) in [6.07, 6.45) is 7.42. The number of benzene rings is 1. The monoisotopic (exact) mass is 223 g/mol. The molecule has 3 atom stereocenters. The van der Waals surface area contributed by atoms with Crippen molar-refractivity contribution in [1.29, 1.82) is 0 Å². The molecule has 86 valence electrons. The van der Waals surface area contributed by atoms with Gasteiger partial charge in [0.05, 0.1) is 0 Å². The van der Waals surface area contributed by atoms with Gasteiger partial charge in [-0.15, -0.1) is 0 Å². The minimum Gasteiger partial charge on any atom is -0.358 e. The lowest BCUT2D eigenvalue weighted by molar-refractivity contribution is 0.439. The lowest BCUT2D eigenvalue weighted by Crippen LogP contribution is -2.16. The summed E-state index contributed by atoms with van der Waals surface area (Å²) in [4.78, 5) is 3.66. The van der Waals surface area contributed by atoms with E-state index in [9.17, 15) is 0 Å². The number of rotatable bonds is 1. The van der Waals surface area contributed by atoms with Gasteiger partial charge < -0.3 is 4.98 Å². The second kappa shape index (κ2) is 3.25. The van der Waals surface area contributed by atoms with Crippen LogP contribution in [0.3, 0.4) is 0 Å². The van der Waals surface area contributed by atoms with Gasteiger partial charge in [0.2, 0.25) is 0 Å². The molecule has 17 heavy (non-hydrogen) atoms. The molecule has 1 heterocycles. The van der Waals surface area contributed by atoms with Crippen molar-refractivity contribution in [3.8, 4) is 0 Å². The zero-order valence-corrected chi connectivity index (χ0v) is 10.1. The number of hydrogen-bond donors (Lipinski definition) is 1. The van der Waals surface area contributed by atoms with Crippen molar-refractivity contribution in [1.82, 2.24) is 4.98 Å². The maximum atomic E-state index is 3.66. The van der Waals surface area contributed by atoms with Crippen LogP contribution in [0.2, 0.25) is 0 Å². The van der Waals surface area contributed by atoms with E-state index >= 15 is 0 Å². The zero-order chi connectivity index (χ0) is 11.4. The van der Waals surface area contributed by atoms with Crippen LogP contribution in [0.15, 0.2) is 36.4 Å². The first-order chi connectivity index (χ1) is 8.38. The SMILES string of the molecule is CCC1c2c([nH]c3ccccc23)[C@H]2C=C[C@@H]1C2. The summed E-state index contributed by atoms with van der Waals surface area (Å²) >= 11 is 0. The summed E-state index contributed by atoms with van der Waals surface area (Å²) in [6, 6.07) is 8.77. The molecule has 2 aliphatic rings. The van der Waals surface area contributed by atoms with Crippen LogP contribution >= 0.6 is 0 Å². The summed E-state index contributed by atoms with van der Waals surface area (Å²) in [7, 11) is 0. The summed E-state index contributed by atoms with van der Waals surface area (Å²) in [5, 5.41) is 1.45. The predicted octanol–water partition coefficient (Wildman–Crippen LogP) is 4.33. The molecule has 2 aromatic rings. The Labute approximate surface area is 102 Å². The molecular weight excluding hydrogens is 206 g/mol. The van der Waals surface area contributed by atoms with Gasteiger partial charge in [-0.2, -0.15) is 0 Å². The van der Waals surface area contributed by atoms with Gasteiger partial charge in [-0.3, -0.25) is 0 Å². The first kappa shape index (κ1) is 9.52. The largest absolute Gasteiger partial charge is 0.358 e. The van der Waals surface area contributed by atoms with E-state index in [4.69, 9.17) is 0 Å². The van der Waals surface area contributed by atoms with Crippen LogP contribution in [-0.2, 0) is 0 Å². The minimum absolute atomic E-state index is 0.644. The molecular formula is C16H17N. The smallest absolute Gasteiger partial charge is 0.0459 e. The van der Waals surface area contributed by atoms with E-state index in [-0.39, 0.29) is 0 Å². The summed E-state index contributed by atoms with van der Waals surface area (Å²) in [5.41, 5.74) is 4.41. The molecule has 2 aliphatic carbocycles. The predicted molar refractivity (Wildman–Crippen MR) is 71.3 cm³/mol. The number of hydrogen-bond acceptors (Lipinski definition) is 0. The van der Waals surface area contributed by atoms with Crippen molar-refractivity contribution >= 4 is 10.9 Å². The van der Waals surface area contributed by atoms with E-state index in [2.05, 4.69) is 48.3 Å². The quantitative estimate of drug-likeness (QED) is 0.692. The molecule has 1 aromatic heterocycles. The fourth-order valence-corrected chi connectivity index (χ4v) is 3.84. The molecule has 0 radical (unpaired) electrons. The van der Waals surface area contributed by atoms with Crippen LogP contribution in [0, 0.1) is 5.92 Å². The summed E-state index contributed by atoms with van der Waals surface area (Å²) in [6.45, 7) is 2.32. The second-order valence-corrected chi connectivity index (χ2v) is 5.40. The maximum Gasteiger partial charge on any atom is 0.0459 e. The highest BCUT2D eigenvalue weighted by Gasteiger charge is 2.37. The maximum absolute atomic E-state index is 3.66. The fraction of sp³-hybridized carbons (Fsp3) is 0.375. The van der Waals surface area contributed by atoms with Gasteiger partial charge in [-0.1, -0.05) is 37.3 Å². The van der Waals surface area contributed by atoms with Crippen LogP contribution in [0.4, 0.5) is 0 Å². The fourth-order valence-electron chi connectivity index (χ4n) is 3.84. The van der Waals surface area contributed by atoms with Crippen LogP contribution in [0.1, 0.15) is 42.9 Å². The van der Waals surface area contributed by atoms with Crippen molar-refractivity contribution in [2.24, 2.45) is 5.92 Å². The first-order valence-electron chi connectivity index (χ1n) is 6.67. The minimum atomic E-state index is 0.644. The molecule has 1 nitrogen and oxygen atoms in total. The number of H-pyrrole nitrogens is 1. The van der Waals surface area contributed by atoms with Crippen molar-refractivity contribution in [3.63, 3.8) is 0 Å². The Bertz CT molecular complexity index is 605. The molecule has 2 bridgehead atoms. The van der Waals surface area contributed by atoms with Crippen molar-refractivity contribution in [3.05, 3.63) is 47.7 Å². The molecule has 0 saturated carbocycles. The van der Waals surface area contributed by atoms with Gasteiger partial charge in [0.1, 0.15) is 0 Å². The van der Waals surface area contributed by atoms with Crippen molar-refractivity contribution < 1.29 is 0 Å². The number of nitrogens with one attached hydrogen (secondary N) is 1. The standard InChI is InChI=1S/C16H17N/c1-2-12-10-7-8-11(9-10)16-15(12)13-5-3-4-6-14(13)17-16/h3-8,10-12,17H,2,9H2,1H3/t10-,11+,12?/m1/s1. The Morgan fingerprint density at radius 1 is 1.24 bits per heavy atom. The van der Waals surface area contributed by atoms with Gasteiger partial charge in [-0.05, 0) is 36.3 Å². The average molecular weight is 223 g/mol. The van der Waals surface area contributed by atoms with Gasteiger partial charge in [0, 0.05) is 22.5 Å². The van der Waals surface area contributed by atoms with Crippen molar-refractivity contribution in [2.45, 2.75) is 31.6 Å². The lowest BCUT2D eigenvalue weighted by Gasteiger charge is -2.29. The highest BCUT2D eigenvalue weighted by Crippen LogP contribution is 2.51. The first-order valence-corrected chi connectivity index (χ1v) is 6.67. The topological polar surface area (TPSA) is 15.8 Å². The van der Waals surface area contributed by atoms with E-state index < -0.39 is 0 Å². The Morgan fingerprint density at radius 3 is 3.00 bits per heavy atom. The van der Waals surface area contributed by atoms with Crippen LogP contribution < -0.4 is 0 Å². The molecule has 0 fully saturated rings. The zero-order valence-electron chi connectivity index (χ0n) is 10.1.